The lowest BCUT2D eigenvalue weighted by Crippen LogP contribution is -2.53. The van der Waals surface area contributed by atoms with Gasteiger partial charge in [-0.1, -0.05) is 0 Å². The summed E-state index contributed by atoms with van der Waals surface area (Å²) in [6.45, 7) is 7.68. The van der Waals surface area contributed by atoms with Crippen LogP contribution in [0, 0.1) is 0 Å². The molecule has 1 N–H and O–H groups in total. The Morgan fingerprint density at radius 2 is 1.44 bits per heavy atom. The molecule has 0 aliphatic heterocycles. The molecule has 0 saturated carbocycles. The van der Waals surface area contributed by atoms with Crippen LogP contribution in [-0.4, -0.2) is 40.6 Å². The molecule has 0 bridgehead atoms. The molecule has 6 nitrogen and oxygen atoms in total. The van der Waals surface area contributed by atoms with Gasteiger partial charge in [-0.15, -0.1) is 0 Å². The van der Waals surface area contributed by atoms with Gasteiger partial charge in [0.2, 0.25) is 5.78 Å². The third kappa shape index (κ3) is 4.54. The molecule has 0 fully saturated rings. The third-order valence-electron chi connectivity index (χ3n) is 1.95. The van der Waals surface area contributed by atoms with Crippen molar-refractivity contribution >= 4 is 17.5 Å². The largest absolute Gasteiger partial charge is 0.481 e. The average Bonchev–Trinajstić information content (AvgIpc) is 2.13. The zero-order valence-corrected chi connectivity index (χ0v) is 11.4. The lowest BCUT2D eigenvalue weighted by atomic mass is 10.0. The minimum atomic E-state index is -2.12. The zero-order valence-electron chi connectivity index (χ0n) is 11.4. The number of hydrogen-bond donors (Lipinski definition) is 1. The molecule has 18 heavy (non-hydrogen) atoms. The van der Waals surface area contributed by atoms with Crippen LogP contribution >= 0.6 is 0 Å². The topological polar surface area (TPSA) is 89.9 Å². The van der Waals surface area contributed by atoms with Crippen molar-refractivity contribution in [2.75, 3.05) is 0 Å². The summed E-state index contributed by atoms with van der Waals surface area (Å²) in [5.41, 5.74) is 0. The highest BCUT2D eigenvalue weighted by atomic mass is 16.7. The van der Waals surface area contributed by atoms with E-state index < -0.39 is 42.0 Å². The molecule has 0 heterocycles. The van der Waals surface area contributed by atoms with Crippen molar-refractivity contribution < 1.29 is 29.0 Å². The fourth-order valence-corrected chi connectivity index (χ4v) is 1.44. The van der Waals surface area contributed by atoms with E-state index in [1.165, 1.54) is 0 Å². The molecule has 104 valence electrons. The lowest BCUT2D eigenvalue weighted by Gasteiger charge is -2.32. The summed E-state index contributed by atoms with van der Waals surface area (Å²) in [5.74, 6) is -5.01. The monoisotopic (exact) mass is 260 g/mol. The van der Waals surface area contributed by atoms with E-state index in [1.807, 2.05) is 0 Å². The van der Waals surface area contributed by atoms with Gasteiger partial charge in [0.25, 0.3) is 5.79 Å². The first-order valence-electron chi connectivity index (χ1n) is 5.73. The second-order valence-electron chi connectivity index (χ2n) is 4.50. The molecule has 0 spiro atoms. The molecule has 0 aliphatic carbocycles. The Kier molecular flexibility index (Phi) is 6.14. The van der Waals surface area contributed by atoms with Crippen LogP contribution in [0.15, 0.2) is 0 Å². The normalized spacial score (nSPS) is 11.9. The van der Waals surface area contributed by atoms with Crippen molar-refractivity contribution in [1.29, 1.82) is 0 Å². The van der Waals surface area contributed by atoms with Crippen molar-refractivity contribution in [3.63, 3.8) is 0 Å². The Morgan fingerprint density at radius 3 is 1.67 bits per heavy atom. The van der Waals surface area contributed by atoms with Crippen LogP contribution in [0.5, 0.6) is 0 Å². The molecule has 0 saturated heterocycles. The standard InChI is InChI=1S/C12H20O6/c1-7(2)17-12(9(5)13,18-8(3)4)10(14)6-11(15)16/h7-8H,6H2,1-5H3,(H,15,16). The molecule has 0 aliphatic rings. The van der Waals surface area contributed by atoms with Gasteiger partial charge in [0.1, 0.15) is 6.42 Å². The number of ketones is 2. The molecule has 0 aromatic rings. The molecule has 6 heteroatoms. The molecule has 0 rings (SSSR count). The summed E-state index contributed by atoms with van der Waals surface area (Å²) >= 11 is 0. The van der Waals surface area contributed by atoms with Crippen LogP contribution < -0.4 is 0 Å². The van der Waals surface area contributed by atoms with Gasteiger partial charge in [-0.2, -0.15) is 0 Å². The molecule has 0 amide bonds. The predicted octanol–water partition coefficient (Wildman–Crippen LogP) is 1.17. The summed E-state index contributed by atoms with van der Waals surface area (Å²) in [6.07, 6.45) is -1.73. The van der Waals surface area contributed by atoms with Crippen LogP contribution in [-0.2, 0) is 23.9 Å². The van der Waals surface area contributed by atoms with Gasteiger partial charge < -0.3 is 14.6 Å². The Hall–Kier alpha value is -1.27. The quantitative estimate of drug-likeness (QED) is 0.520. The van der Waals surface area contributed by atoms with Crippen LogP contribution in [0.2, 0.25) is 0 Å². The summed E-state index contributed by atoms with van der Waals surface area (Å²) in [4.78, 5) is 34.2. The predicted molar refractivity (Wildman–Crippen MR) is 63.1 cm³/mol. The Labute approximate surface area is 106 Å². The van der Waals surface area contributed by atoms with Crippen LogP contribution in [0.25, 0.3) is 0 Å². The second kappa shape index (κ2) is 6.61. The van der Waals surface area contributed by atoms with E-state index in [0.29, 0.717) is 0 Å². The van der Waals surface area contributed by atoms with Gasteiger partial charge in [-0.3, -0.25) is 14.4 Å². The van der Waals surface area contributed by atoms with E-state index in [9.17, 15) is 14.4 Å². The minimum absolute atomic E-state index is 0.453. The van der Waals surface area contributed by atoms with E-state index in [0.717, 1.165) is 6.92 Å². The number of Topliss-reactive ketones (excluding diaryl/α,β-unsaturated/α-hetero) is 2. The SMILES string of the molecule is CC(=O)C(OC(C)C)(OC(C)C)C(=O)CC(=O)O. The van der Waals surface area contributed by atoms with Gasteiger partial charge in [0, 0.05) is 6.92 Å². The van der Waals surface area contributed by atoms with Crippen LogP contribution in [0.1, 0.15) is 41.0 Å². The first kappa shape index (κ1) is 16.7. The fourth-order valence-electron chi connectivity index (χ4n) is 1.44. The van der Waals surface area contributed by atoms with Gasteiger partial charge in [-0.05, 0) is 27.7 Å². The van der Waals surface area contributed by atoms with E-state index in [-0.39, 0.29) is 0 Å². The van der Waals surface area contributed by atoms with Gasteiger partial charge in [0.15, 0.2) is 5.78 Å². The van der Waals surface area contributed by atoms with Crippen LogP contribution in [0.4, 0.5) is 0 Å². The van der Waals surface area contributed by atoms with E-state index in [1.54, 1.807) is 27.7 Å². The maximum absolute atomic E-state index is 11.9. The first-order valence-corrected chi connectivity index (χ1v) is 5.73. The van der Waals surface area contributed by atoms with Gasteiger partial charge in [0.05, 0.1) is 12.2 Å². The number of carbonyl (C=O) groups is 3. The number of carboxylic acids is 1. The van der Waals surface area contributed by atoms with Crippen molar-refractivity contribution in [3.05, 3.63) is 0 Å². The third-order valence-corrected chi connectivity index (χ3v) is 1.95. The zero-order chi connectivity index (χ0) is 14.5. The van der Waals surface area contributed by atoms with Crippen molar-refractivity contribution in [2.45, 2.75) is 59.0 Å². The molecular formula is C12H20O6. The van der Waals surface area contributed by atoms with Crippen molar-refractivity contribution in [2.24, 2.45) is 0 Å². The maximum Gasteiger partial charge on any atom is 0.311 e. The van der Waals surface area contributed by atoms with E-state index in [2.05, 4.69) is 0 Å². The first-order chi connectivity index (χ1) is 8.11. The van der Waals surface area contributed by atoms with E-state index in [4.69, 9.17) is 14.6 Å². The maximum atomic E-state index is 11.9. The van der Waals surface area contributed by atoms with Crippen LogP contribution in [0.3, 0.4) is 0 Å². The fraction of sp³-hybridized carbons (Fsp3) is 0.750. The molecule has 0 aromatic heterocycles. The summed E-state index contributed by atoms with van der Waals surface area (Å²) in [7, 11) is 0. The van der Waals surface area contributed by atoms with Gasteiger partial charge in [-0.25, -0.2) is 0 Å². The number of rotatable bonds is 8. The number of hydrogen-bond acceptors (Lipinski definition) is 5. The van der Waals surface area contributed by atoms with E-state index >= 15 is 0 Å². The molecule has 0 radical (unpaired) electrons. The Morgan fingerprint density at radius 1 is 1.06 bits per heavy atom. The molecule has 0 unspecified atom stereocenters. The molecule has 0 aromatic carbocycles. The summed E-state index contributed by atoms with van der Waals surface area (Å²) in [5, 5.41) is 8.65. The lowest BCUT2D eigenvalue weighted by molar-refractivity contribution is -0.243. The van der Waals surface area contributed by atoms with Crippen molar-refractivity contribution in [3.8, 4) is 0 Å². The second-order valence-corrected chi connectivity index (χ2v) is 4.50. The highest BCUT2D eigenvalue weighted by Crippen LogP contribution is 2.22. The highest BCUT2D eigenvalue weighted by molar-refractivity contribution is 6.12. The Bertz CT molecular complexity index is 321. The number of ether oxygens (including phenoxy) is 2. The summed E-state index contributed by atoms with van der Waals surface area (Å²) in [6, 6.07) is 0. The number of carboxylic acid groups (broad SMARTS) is 1. The number of aliphatic carboxylic acids is 1. The smallest absolute Gasteiger partial charge is 0.311 e. The average molecular weight is 260 g/mol. The highest BCUT2D eigenvalue weighted by Gasteiger charge is 2.47. The summed E-state index contributed by atoms with van der Waals surface area (Å²) < 4.78 is 10.6. The number of carbonyl (C=O) groups excluding carboxylic acids is 2. The van der Waals surface area contributed by atoms with Gasteiger partial charge >= 0.3 is 5.97 Å². The Balaban J connectivity index is 5.37. The molecular weight excluding hydrogens is 240 g/mol. The minimum Gasteiger partial charge on any atom is -0.481 e. The van der Waals surface area contributed by atoms with Crippen molar-refractivity contribution in [1.82, 2.24) is 0 Å². The molecule has 0 atom stereocenters.